The molecule has 4 nitrogen and oxygen atoms in total. The van der Waals surface area contributed by atoms with Gasteiger partial charge in [-0.1, -0.05) is 26.8 Å². The van der Waals surface area contributed by atoms with Crippen LogP contribution in [0.5, 0.6) is 0 Å². The van der Waals surface area contributed by atoms with Crippen molar-refractivity contribution in [3.63, 3.8) is 0 Å². The fourth-order valence-corrected chi connectivity index (χ4v) is 0.968. The lowest BCUT2D eigenvalue weighted by Gasteiger charge is -2.07. The van der Waals surface area contributed by atoms with Crippen LogP contribution in [-0.4, -0.2) is 17.0 Å². The zero-order valence-electron chi connectivity index (χ0n) is 8.83. The second kappa shape index (κ2) is 6.18. The summed E-state index contributed by atoms with van der Waals surface area (Å²) in [5, 5.41) is 11.1. The summed E-state index contributed by atoms with van der Waals surface area (Å²) < 4.78 is 0. The van der Waals surface area contributed by atoms with Crippen molar-refractivity contribution in [1.29, 1.82) is 0 Å². The molecule has 0 aliphatic rings. The second-order valence-electron chi connectivity index (χ2n) is 3.48. The van der Waals surface area contributed by atoms with Crippen LogP contribution < -0.4 is 5.32 Å². The quantitative estimate of drug-likeness (QED) is 0.660. The summed E-state index contributed by atoms with van der Waals surface area (Å²) in [6.07, 6.45) is 2.42. The number of allylic oxidation sites excluding steroid dienone is 1. The van der Waals surface area contributed by atoms with Gasteiger partial charge in [0.25, 0.3) is 0 Å². The standard InChI is InChI=1S/C10H17NO3/c1-4-5-8(10(13)14)11-9(12)6-7(2)3/h5,7H,4,6H2,1-3H3,(H,11,12)(H,13,14)/b8-5-. The molecule has 0 bridgehead atoms. The van der Waals surface area contributed by atoms with Crippen LogP contribution in [0.4, 0.5) is 0 Å². The van der Waals surface area contributed by atoms with E-state index in [0.717, 1.165) is 0 Å². The van der Waals surface area contributed by atoms with E-state index in [4.69, 9.17) is 5.11 Å². The van der Waals surface area contributed by atoms with Crippen molar-refractivity contribution >= 4 is 11.9 Å². The van der Waals surface area contributed by atoms with Crippen LogP contribution in [0.25, 0.3) is 0 Å². The molecule has 80 valence electrons. The zero-order valence-corrected chi connectivity index (χ0v) is 8.83. The predicted molar refractivity (Wildman–Crippen MR) is 53.6 cm³/mol. The number of nitrogens with one attached hydrogen (secondary N) is 1. The van der Waals surface area contributed by atoms with E-state index in [1.807, 2.05) is 20.8 Å². The highest BCUT2D eigenvalue weighted by Gasteiger charge is 2.11. The van der Waals surface area contributed by atoms with E-state index < -0.39 is 5.97 Å². The normalized spacial score (nSPS) is 11.6. The van der Waals surface area contributed by atoms with Gasteiger partial charge in [0.2, 0.25) is 5.91 Å². The predicted octanol–water partition coefficient (Wildman–Crippen LogP) is 1.53. The maximum absolute atomic E-state index is 11.2. The molecular formula is C10H17NO3. The molecule has 0 saturated carbocycles. The highest BCUT2D eigenvalue weighted by molar-refractivity contribution is 5.92. The molecular weight excluding hydrogens is 182 g/mol. The van der Waals surface area contributed by atoms with E-state index in [-0.39, 0.29) is 17.5 Å². The number of hydrogen-bond acceptors (Lipinski definition) is 2. The van der Waals surface area contributed by atoms with E-state index in [9.17, 15) is 9.59 Å². The third-order valence-corrected chi connectivity index (χ3v) is 1.51. The molecule has 0 fully saturated rings. The van der Waals surface area contributed by atoms with Gasteiger partial charge < -0.3 is 10.4 Å². The zero-order chi connectivity index (χ0) is 11.1. The van der Waals surface area contributed by atoms with E-state index in [0.29, 0.717) is 12.8 Å². The number of carboxylic acid groups (broad SMARTS) is 1. The Morgan fingerprint density at radius 2 is 2.00 bits per heavy atom. The molecule has 0 unspecified atom stereocenters. The number of rotatable bonds is 5. The number of amides is 1. The number of carboxylic acids is 1. The van der Waals surface area contributed by atoms with Crippen molar-refractivity contribution in [3.05, 3.63) is 11.8 Å². The molecule has 0 aromatic heterocycles. The van der Waals surface area contributed by atoms with Gasteiger partial charge in [-0.05, 0) is 12.3 Å². The van der Waals surface area contributed by atoms with Gasteiger partial charge in [-0.3, -0.25) is 4.79 Å². The van der Waals surface area contributed by atoms with Crippen molar-refractivity contribution in [2.45, 2.75) is 33.6 Å². The molecule has 0 aromatic rings. The second-order valence-corrected chi connectivity index (χ2v) is 3.48. The monoisotopic (exact) mass is 199 g/mol. The van der Waals surface area contributed by atoms with Crippen LogP contribution in [0.3, 0.4) is 0 Å². The summed E-state index contributed by atoms with van der Waals surface area (Å²) in [4.78, 5) is 21.9. The third kappa shape index (κ3) is 5.35. The largest absolute Gasteiger partial charge is 0.477 e. The molecule has 0 spiro atoms. The van der Waals surface area contributed by atoms with E-state index in [1.54, 1.807) is 0 Å². The smallest absolute Gasteiger partial charge is 0.352 e. The number of hydrogen-bond donors (Lipinski definition) is 2. The number of carbonyl (C=O) groups is 2. The average Bonchev–Trinajstić information content (AvgIpc) is 2.01. The lowest BCUT2D eigenvalue weighted by molar-refractivity contribution is -0.134. The number of carbonyl (C=O) groups excluding carboxylic acids is 1. The Kier molecular flexibility index (Phi) is 5.60. The Hall–Kier alpha value is -1.32. The average molecular weight is 199 g/mol. The molecule has 0 rings (SSSR count). The fraction of sp³-hybridized carbons (Fsp3) is 0.600. The van der Waals surface area contributed by atoms with Crippen molar-refractivity contribution in [2.24, 2.45) is 5.92 Å². The Balaban J connectivity index is 4.25. The number of aliphatic carboxylic acids is 1. The van der Waals surface area contributed by atoms with Gasteiger partial charge in [0.15, 0.2) is 0 Å². The molecule has 0 saturated heterocycles. The molecule has 0 atom stereocenters. The maximum Gasteiger partial charge on any atom is 0.352 e. The minimum Gasteiger partial charge on any atom is -0.477 e. The van der Waals surface area contributed by atoms with Crippen molar-refractivity contribution in [3.8, 4) is 0 Å². The van der Waals surface area contributed by atoms with Gasteiger partial charge in [0.05, 0.1) is 0 Å². The first-order valence-corrected chi connectivity index (χ1v) is 4.70. The SMILES string of the molecule is CC/C=C(\NC(=O)CC(C)C)C(=O)O. The van der Waals surface area contributed by atoms with Crippen molar-refractivity contribution in [2.75, 3.05) is 0 Å². The van der Waals surface area contributed by atoms with Crippen LogP contribution in [0, 0.1) is 5.92 Å². The molecule has 0 radical (unpaired) electrons. The first-order valence-electron chi connectivity index (χ1n) is 4.70. The summed E-state index contributed by atoms with van der Waals surface area (Å²) in [7, 11) is 0. The van der Waals surface area contributed by atoms with E-state index >= 15 is 0 Å². The summed E-state index contributed by atoms with van der Waals surface area (Å²) in [6.45, 7) is 5.63. The molecule has 0 aliphatic carbocycles. The Labute approximate surface area is 84.0 Å². The van der Waals surface area contributed by atoms with Gasteiger partial charge in [0, 0.05) is 6.42 Å². The van der Waals surface area contributed by atoms with Gasteiger partial charge in [0.1, 0.15) is 5.70 Å². The fourth-order valence-electron chi connectivity index (χ4n) is 0.968. The Morgan fingerprint density at radius 3 is 2.36 bits per heavy atom. The van der Waals surface area contributed by atoms with Gasteiger partial charge >= 0.3 is 5.97 Å². The van der Waals surface area contributed by atoms with E-state index in [2.05, 4.69) is 5.32 Å². The first-order chi connectivity index (χ1) is 6.47. The van der Waals surface area contributed by atoms with Crippen LogP contribution in [0.1, 0.15) is 33.6 Å². The summed E-state index contributed by atoms with van der Waals surface area (Å²) in [5.41, 5.74) is -0.0295. The summed E-state index contributed by atoms with van der Waals surface area (Å²) >= 11 is 0. The molecule has 4 heteroatoms. The minimum atomic E-state index is -1.09. The highest BCUT2D eigenvalue weighted by atomic mass is 16.4. The van der Waals surface area contributed by atoms with Crippen molar-refractivity contribution < 1.29 is 14.7 Å². The first kappa shape index (κ1) is 12.7. The molecule has 0 aromatic carbocycles. The van der Waals surface area contributed by atoms with Crippen molar-refractivity contribution in [1.82, 2.24) is 5.32 Å². The Morgan fingerprint density at radius 1 is 1.43 bits per heavy atom. The molecule has 0 aliphatic heterocycles. The minimum absolute atomic E-state index is 0.0295. The lowest BCUT2D eigenvalue weighted by atomic mass is 10.1. The Bertz CT molecular complexity index is 244. The topological polar surface area (TPSA) is 66.4 Å². The molecule has 2 N–H and O–H groups in total. The molecule has 14 heavy (non-hydrogen) atoms. The highest BCUT2D eigenvalue weighted by Crippen LogP contribution is 2.00. The van der Waals surface area contributed by atoms with Gasteiger partial charge in [-0.15, -0.1) is 0 Å². The van der Waals surface area contributed by atoms with Crippen LogP contribution in [0.2, 0.25) is 0 Å². The molecule has 0 heterocycles. The van der Waals surface area contributed by atoms with E-state index in [1.165, 1.54) is 6.08 Å². The summed E-state index contributed by atoms with van der Waals surface area (Å²) in [6, 6.07) is 0. The van der Waals surface area contributed by atoms with Crippen LogP contribution >= 0.6 is 0 Å². The van der Waals surface area contributed by atoms with Gasteiger partial charge in [-0.2, -0.15) is 0 Å². The van der Waals surface area contributed by atoms with Gasteiger partial charge in [-0.25, -0.2) is 4.79 Å². The summed E-state index contributed by atoms with van der Waals surface area (Å²) in [5.74, 6) is -1.11. The van der Waals surface area contributed by atoms with Crippen LogP contribution in [0.15, 0.2) is 11.8 Å². The lowest BCUT2D eigenvalue weighted by Crippen LogP contribution is -2.28. The maximum atomic E-state index is 11.2. The molecule has 1 amide bonds. The third-order valence-electron chi connectivity index (χ3n) is 1.51. The van der Waals surface area contributed by atoms with Crippen LogP contribution in [-0.2, 0) is 9.59 Å².